The zero-order valence-corrected chi connectivity index (χ0v) is 14.7. The van der Waals surface area contributed by atoms with Crippen molar-refractivity contribution in [3.8, 4) is 11.5 Å². The molecule has 0 atom stereocenters. The lowest BCUT2D eigenvalue weighted by Crippen LogP contribution is -2.38. The van der Waals surface area contributed by atoms with Crippen LogP contribution in [-0.4, -0.2) is 47.7 Å². The van der Waals surface area contributed by atoms with Crippen molar-refractivity contribution in [2.24, 2.45) is 0 Å². The van der Waals surface area contributed by atoms with Gasteiger partial charge in [0.05, 0.1) is 14.2 Å². The molecule has 7 nitrogen and oxygen atoms in total. The summed E-state index contributed by atoms with van der Waals surface area (Å²) in [6.45, 7) is 2.04. The molecule has 1 aliphatic heterocycles. The van der Waals surface area contributed by atoms with Gasteiger partial charge in [0.1, 0.15) is 0 Å². The number of halogens is 3. The van der Waals surface area contributed by atoms with E-state index in [1.54, 1.807) is 13.2 Å². The van der Waals surface area contributed by atoms with Gasteiger partial charge in [0.25, 0.3) is 0 Å². The molecule has 1 saturated heterocycles. The molecule has 0 amide bonds. The quantitative estimate of drug-likeness (QED) is 0.812. The molecule has 0 N–H and O–H groups in total. The zero-order chi connectivity index (χ0) is 16.8. The fraction of sp³-hybridized carbons (Fsp3) is 0.385. The highest BCUT2D eigenvalue weighted by molar-refractivity contribution is 6.32. The van der Waals surface area contributed by atoms with E-state index in [-0.39, 0.29) is 10.3 Å². The van der Waals surface area contributed by atoms with Gasteiger partial charge in [-0.25, -0.2) is 0 Å². The van der Waals surface area contributed by atoms with Crippen LogP contribution in [0.2, 0.25) is 15.5 Å². The van der Waals surface area contributed by atoms with E-state index in [1.165, 1.54) is 19.6 Å². The van der Waals surface area contributed by atoms with Crippen molar-refractivity contribution >= 4 is 40.6 Å². The Kier molecular flexibility index (Phi) is 6.44. The fourth-order valence-electron chi connectivity index (χ4n) is 1.72. The van der Waals surface area contributed by atoms with Crippen LogP contribution in [0.4, 0.5) is 5.82 Å². The van der Waals surface area contributed by atoms with Crippen molar-refractivity contribution in [2.75, 3.05) is 32.2 Å². The Balaban J connectivity index is 0.000000174. The minimum Gasteiger partial charge on any atom is -0.493 e. The second kappa shape index (κ2) is 8.33. The Morgan fingerprint density at radius 2 is 1.43 bits per heavy atom. The molecular weight excluding hydrogens is 365 g/mol. The first-order valence-electron chi connectivity index (χ1n) is 6.60. The minimum atomic E-state index is 0.215. The average molecular weight is 379 g/mol. The van der Waals surface area contributed by atoms with Gasteiger partial charge in [-0.2, -0.15) is 0 Å². The molecule has 0 spiro atoms. The predicted octanol–water partition coefficient (Wildman–Crippen LogP) is 3.14. The molecule has 124 valence electrons. The maximum absolute atomic E-state index is 5.69. The normalized spacial score (nSPS) is 12.8. The van der Waals surface area contributed by atoms with Crippen molar-refractivity contribution in [3.63, 3.8) is 0 Å². The third-order valence-electron chi connectivity index (χ3n) is 2.99. The van der Waals surface area contributed by atoms with Crippen molar-refractivity contribution < 1.29 is 9.47 Å². The second-order valence-corrected chi connectivity index (χ2v) is 5.56. The van der Waals surface area contributed by atoms with E-state index in [9.17, 15) is 0 Å². The summed E-state index contributed by atoms with van der Waals surface area (Å²) in [5.41, 5.74) is 0. The smallest absolute Gasteiger partial charge is 0.193 e. The molecule has 0 bridgehead atoms. The number of aromatic nitrogens is 4. The molecule has 0 saturated carbocycles. The molecule has 0 aromatic carbocycles. The van der Waals surface area contributed by atoms with E-state index in [4.69, 9.17) is 44.3 Å². The number of hydrogen-bond donors (Lipinski definition) is 0. The Hall–Kier alpha value is -1.57. The summed E-state index contributed by atoms with van der Waals surface area (Å²) in [5, 5.41) is 15.6. The highest BCUT2D eigenvalue weighted by atomic mass is 35.5. The maximum atomic E-state index is 5.69. The van der Waals surface area contributed by atoms with Gasteiger partial charge in [0, 0.05) is 25.2 Å². The van der Waals surface area contributed by atoms with Gasteiger partial charge in [-0.3, -0.25) is 0 Å². The molecule has 2 aromatic heterocycles. The first kappa shape index (κ1) is 17.8. The number of nitrogens with zero attached hydrogens (tertiary/aromatic N) is 5. The van der Waals surface area contributed by atoms with Gasteiger partial charge in [0.2, 0.25) is 0 Å². The molecule has 2 aromatic rings. The van der Waals surface area contributed by atoms with E-state index in [0.29, 0.717) is 16.7 Å². The van der Waals surface area contributed by atoms with E-state index >= 15 is 0 Å². The van der Waals surface area contributed by atoms with Crippen molar-refractivity contribution in [3.05, 3.63) is 27.6 Å². The van der Waals surface area contributed by atoms with Crippen LogP contribution < -0.4 is 14.4 Å². The maximum Gasteiger partial charge on any atom is 0.193 e. The van der Waals surface area contributed by atoms with Crippen LogP contribution in [0.1, 0.15) is 6.42 Å². The molecule has 0 unspecified atom stereocenters. The van der Waals surface area contributed by atoms with E-state index in [2.05, 4.69) is 25.3 Å². The third-order valence-corrected chi connectivity index (χ3v) is 3.62. The molecule has 10 heteroatoms. The van der Waals surface area contributed by atoms with E-state index in [1.807, 2.05) is 0 Å². The van der Waals surface area contributed by atoms with E-state index < -0.39 is 0 Å². The van der Waals surface area contributed by atoms with Gasteiger partial charge in [-0.1, -0.05) is 34.8 Å². The van der Waals surface area contributed by atoms with Crippen LogP contribution in [-0.2, 0) is 0 Å². The van der Waals surface area contributed by atoms with Crippen molar-refractivity contribution in [2.45, 2.75) is 6.42 Å². The lowest BCUT2D eigenvalue weighted by atomic mass is 10.2. The topological polar surface area (TPSA) is 73.3 Å². The van der Waals surface area contributed by atoms with Gasteiger partial charge in [-0.05, 0) is 6.42 Å². The lowest BCUT2D eigenvalue weighted by Gasteiger charge is -2.32. The van der Waals surface area contributed by atoms with Crippen LogP contribution >= 0.6 is 34.8 Å². The summed E-state index contributed by atoms with van der Waals surface area (Å²) in [7, 11) is 3.09. The average Bonchev–Trinajstić information content (AvgIpc) is 2.50. The number of methoxy groups -OCH3 is 2. The third kappa shape index (κ3) is 4.70. The highest BCUT2D eigenvalue weighted by Crippen LogP contribution is 2.29. The number of anilines is 1. The van der Waals surface area contributed by atoms with Crippen LogP contribution in [0.15, 0.2) is 12.1 Å². The second-order valence-electron chi connectivity index (χ2n) is 4.43. The monoisotopic (exact) mass is 377 g/mol. The first-order chi connectivity index (χ1) is 11.0. The summed E-state index contributed by atoms with van der Waals surface area (Å²) in [6.07, 6.45) is 1.20. The Morgan fingerprint density at radius 3 is 1.91 bits per heavy atom. The van der Waals surface area contributed by atoms with Gasteiger partial charge < -0.3 is 14.4 Å². The SMILES string of the molecule is COc1cc(Cl)nnc1Cl.COc1cc(Cl)nnc1N1CCC1. The van der Waals surface area contributed by atoms with Crippen LogP contribution in [0.25, 0.3) is 0 Å². The lowest BCUT2D eigenvalue weighted by molar-refractivity contribution is 0.408. The molecule has 0 aliphatic carbocycles. The summed E-state index contributed by atoms with van der Waals surface area (Å²) < 4.78 is 9.96. The van der Waals surface area contributed by atoms with Gasteiger partial charge in [-0.15, -0.1) is 20.4 Å². The molecule has 3 heterocycles. The summed E-state index contributed by atoms with van der Waals surface area (Å²) in [5.74, 6) is 1.92. The van der Waals surface area contributed by atoms with Gasteiger partial charge in [0.15, 0.2) is 32.8 Å². The summed E-state index contributed by atoms with van der Waals surface area (Å²) in [6, 6.07) is 3.18. The summed E-state index contributed by atoms with van der Waals surface area (Å²) in [4.78, 5) is 2.11. The van der Waals surface area contributed by atoms with Crippen molar-refractivity contribution in [1.29, 1.82) is 0 Å². The van der Waals surface area contributed by atoms with Crippen LogP contribution in [0.5, 0.6) is 11.5 Å². The highest BCUT2D eigenvalue weighted by Gasteiger charge is 2.20. The predicted molar refractivity (Wildman–Crippen MR) is 89.0 cm³/mol. The Bertz CT molecular complexity index is 670. The minimum absolute atomic E-state index is 0.215. The van der Waals surface area contributed by atoms with Crippen LogP contribution in [0.3, 0.4) is 0 Å². The molecule has 23 heavy (non-hydrogen) atoms. The molecule has 1 aliphatic rings. The van der Waals surface area contributed by atoms with Gasteiger partial charge >= 0.3 is 0 Å². The fourth-order valence-corrected chi connectivity index (χ4v) is 2.17. The van der Waals surface area contributed by atoms with Crippen molar-refractivity contribution in [1.82, 2.24) is 20.4 Å². The Labute approximate surface area is 148 Å². The molecule has 0 radical (unpaired) electrons. The standard InChI is InChI=1S/C8H10ClN3O.C5H4Cl2N2O/c1-13-6-5-7(9)10-11-8(6)12-3-2-4-12;1-10-3-2-4(6)8-9-5(3)7/h5H,2-4H2,1H3;2H,1H3. The number of ether oxygens (including phenoxy) is 2. The van der Waals surface area contributed by atoms with Crippen LogP contribution in [0, 0.1) is 0 Å². The first-order valence-corrected chi connectivity index (χ1v) is 7.73. The largest absolute Gasteiger partial charge is 0.493 e. The summed E-state index contributed by atoms with van der Waals surface area (Å²) >= 11 is 16.7. The van der Waals surface area contributed by atoms with E-state index in [0.717, 1.165) is 18.9 Å². The molecular formula is C13H14Cl3N5O2. The zero-order valence-electron chi connectivity index (χ0n) is 12.5. The number of hydrogen-bond acceptors (Lipinski definition) is 7. The number of rotatable bonds is 3. The molecule has 1 fully saturated rings. The Morgan fingerprint density at radius 1 is 0.870 bits per heavy atom. The molecule has 3 rings (SSSR count).